The Morgan fingerprint density at radius 2 is 1.55 bits per heavy atom. The van der Waals surface area contributed by atoms with Crippen molar-refractivity contribution >= 4 is 35.8 Å². The summed E-state index contributed by atoms with van der Waals surface area (Å²) in [5.74, 6) is 1.31. The van der Waals surface area contributed by atoms with Gasteiger partial charge in [0.15, 0.2) is 5.96 Å². The van der Waals surface area contributed by atoms with Crippen LogP contribution >= 0.6 is 24.0 Å². The third-order valence-corrected chi connectivity index (χ3v) is 5.35. The van der Waals surface area contributed by atoms with Crippen molar-refractivity contribution in [1.82, 2.24) is 25.3 Å². The number of amides is 1. The molecule has 0 saturated carbocycles. The van der Waals surface area contributed by atoms with E-state index in [4.69, 9.17) is 4.99 Å². The number of halogens is 1. The molecule has 0 radical (unpaired) electrons. The predicted octanol–water partition coefficient (Wildman–Crippen LogP) is 1.98. The quantitative estimate of drug-likeness (QED) is 0.242. The molecule has 0 unspecified atom stereocenters. The Kier molecular flexibility index (Phi) is 12.4. The van der Waals surface area contributed by atoms with Crippen LogP contribution in [0, 0.1) is 0 Å². The zero-order chi connectivity index (χ0) is 20.4. The third kappa shape index (κ3) is 10.3. The molecular formula is C21H43IN6O. The number of nitrogens with zero attached hydrogens (tertiary/aromatic N) is 4. The Bertz CT molecular complexity index is 492. The second-order valence-corrected chi connectivity index (χ2v) is 8.97. The number of guanidine groups is 1. The number of likely N-dealkylation sites (tertiary alicyclic amines) is 1. The molecule has 2 fully saturated rings. The van der Waals surface area contributed by atoms with E-state index in [0.717, 1.165) is 77.7 Å². The van der Waals surface area contributed by atoms with Crippen LogP contribution in [-0.2, 0) is 4.79 Å². The fourth-order valence-electron chi connectivity index (χ4n) is 3.75. The smallest absolute Gasteiger partial charge is 0.236 e. The zero-order valence-electron chi connectivity index (χ0n) is 19.0. The molecule has 2 heterocycles. The maximum absolute atomic E-state index is 12.6. The topological polar surface area (TPSA) is 63.2 Å². The minimum atomic E-state index is 0. The first kappa shape index (κ1) is 26.4. The van der Waals surface area contributed by atoms with Gasteiger partial charge in [-0.1, -0.05) is 12.8 Å². The molecule has 2 saturated heterocycles. The summed E-state index contributed by atoms with van der Waals surface area (Å²) in [5.41, 5.74) is 0.124. The average Bonchev–Trinajstić information content (AvgIpc) is 2.94. The summed E-state index contributed by atoms with van der Waals surface area (Å²) in [7, 11) is 0. The Hall–Kier alpha value is -0.610. The van der Waals surface area contributed by atoms with Crippen molar-refractivity contribution in [2.75, 3.05) is 65.4 Å². The molecule has 0 aromatic heterocycles. The lowest BCUT2D eigenvalue weighted by Crippen LogP contribution is -2.54. The van der Waals surface area contributed by atoms with Crippen molar-refractivity contribution in [2.24, 2.45) is 4.99 Å². The number of rotatable bonds is 6. The molecule has 2 aliphatic rings. The monoisotopic (exact) mass is 522 g/mol. The van der Waals surface area contributed by atoms with Crippen molar-refractivity contribution in [3.05, 3.63) is 0 Å². The van der Waals surface area contributed by atoms with Crippen molar-refractivity contribution in [1.29, 1.82) is 0 Å². The highest BCUT2D eigenvalue weighted by molar-refractivity contribution is 14.0. The van der Waals surface area contributed by atoms with Gasteiger partial charge in [-0.2, -0.15) is 0 Å². The third-order valence-electron chi connectivity index (χ3n) is 5.35. The lowest BCUT2D eigenvalue weighted by molar-refractivity contribution is -0.132. The van der Waals surface area contributed by atoms with E-state index in [1.54, 1.807) is 0 Å². The molecule has 0 aliphatic carbocycles. The number of piperazine rings is 1. The van der Waals surface area contributed by atoms with Crippen LogP contribution in [0.5, 0.6) is 0 Å². The van der Waals surface area contributed by atoms with Gasteiger partial charge < -0.3 is 20.4 Å². The van der Waals surface area contributed by atoms with E-state index in [1.807, 2.05) is 0 Å². The van der Waals surface area contributed by atoms with E-state index >= 15 is 0 Å². The van der Waals surface area contributed by atoms with Gasteiger partial charge in [-0.3, -0.25) is 14.7 Å². The molecule has 1 amide bonds. The highest BCUT2D eigenvalue weighted by Crippen LogP contribution is 2.11. The summed E-state index contributed by atoms with van der Waals surface area (Å²) >= 11 is 0. The zero-order valence-corrected chi connectivity index (χ0v) is 21.3. The normalized spacial score (nSPS) is 19.5. The first-order chi connectivity index (χ1) is 13.4. The van der Waals surface area contributed by atoms with Gasteiger partial charge in [0.1, 0.15) is 0 Å². The Balaban J connectivity index is 0.00000420. The largest absolute Gasteiger partial charge is 0.357 e. The van der Waals surface area contributed by atoms with E-state index in [0.29, 0.717) is 12.5 Å². The van der Waals surface area contributed by atoms with E-state index < -0.39 is 0 Å². The van der Waals surface area contributed by atoms with Crippen LogP contribution in [0.15, 0.2) is 4.99 Å². The predicted molar refractivity (Wildman–Crippen MR) is 132 cm³/mol. The maximum atomic E-state index is 12.6. The Labute approximate surface area is 195 Å². The first-order valence-electron chi connectivity index (χ1n) is 11.2. The summed E-state index contributed by atoms with van der Waals surface area (Å²) in [6, 6.07) is 0. The molecule has 29 heavy (non-hydrogen) atoms. The number of hydrogen-bond donors (Lipinski definition) is 2. The molecule has 0 bridgehead atoms. The summed E-state index contributed by atoms with van der Waals surface area (Å²) in [6.45, 7) is 17.3. The van der Waals surface area contributed by atoms with E-state index in [9.17, 15) is 4.79 Å². The van der Waals surface area contributed by atoms with Gasteiger partial charge >= 0.3 is 0 Å². The molecule has 2 rings (SSSR count). The summed E-state index contributed by atoms with van der Waals surface area (Å²) in [5, 5.41) is 6.90. The van der Waals surface area contributed by atoms with E-state index in [2.05, 4.69) is 53.0 Å². The SMILES string of the molecule is CCNC(=NCCNC(C)(C)C)N1CCN(CC(=O)N2CCCCCC2)CC1.I. The Morgan fingerprint density at radius 1 is 0.931 bits per heavy atom. The minimum Gasteiger partial charge on any atom is -0.357 e. The molecule has 7 nitrogen and oxygen atoms in total. The molecule has 2 aliphatic heterocycles. The number of carbonyl (C=O) groups is 1. The van der Waals surface area contributed by atoms with Crippen molar-refractivity contribution < 1.29 is 4.79 Å². The van der Waals surface area contributed by atoms with Gasteiger partial charge in [0.05, 0.1) is 13.1 Å². The molecular weight excluding hydrogens is 479 g/mol. The van der Waals surface area contributed by atoms with Gasteiger partial charge in [0.2, 0.25) is 5.91 Å². The van der Waals surface area contributed by atoms with E-state index in [-0.39, 0.29) is 29.5 Å². The van der Waals surface area contributed by atoms with Gasteiger partial charge in [0, 0.05) is 57.9 Å². The van der Waals surface area contributed by atoms with Crippen molar-refractivity contribution in [3.8, 4) is 0 Å². The van der Waals surface area contributed by atoms with Gasteiger partial charge in [-0.25, -0.2) is 0 Å². The van der Waals surface area contributed by atoms with Gasteiger partial charge in [0.25, 0.3) is 0 Å². The van der Waals surface area contributed by atoms with E-state index in [1.165, 1.54) is 12.8 Å². The molecule has 2 N–H and O–H groups in total. The second kappa shape index (κ2) is 13.6. The fraction of sp³-hybridized carbons (Fsp3) is 0.905. The average molecular weight is 523 g/mol. The fourth-order valence-corrected chi connectivity index (χ4v) is 3.75. The van der Waals surface area contributed by atoms with Gasteiger partial charge in [-0.15, -0.1) is 24.0 Å². The van der Waals surface area contributed by atoms with Gasteiger partial charge in [-0.05, 0) is 40.5 Å². The molecule has 8 heteroatoms. The summed E-state index contributed by atoms with van der Waals surface area (Å²) in [6.07, 6.45) is 4.85. The van der Waals surface area contributed by atoms with Crippen LogP contribution < -0.4 is 10.6 Å². The summed E-state index contributed by atoms with van der Waals surface area (Å²) in [4.78, 5) is 24.1. The molecule has 170 valence electrons. The van der Waals surface area contributed by atoms with Crippen LogP contribution in [0.3, 0.4) is 0 Å². The van der Waals surface area contributed by atoms with Crippen LogP contribution in [-0.4, -0.2) is 97.6 Å². The van der Waals surface area contributed by atoms with Crippen LogP contribution in [0.4, 0.5) is 0 Å². The molecule has 0 aromatic carbocycles. The lowest BCUT2D eigenvalue weighted by atomic mass is 10.1. The van der Waals surface area contributed by atoms with Crippen LogP contribution in [0.25, 0.3) is 0 Å². The first-order valence-corrected chi connectivity index (χ1v) is 11.2. The number of nitrogens with one attached hydrogen (secondary N) is 2. The number of hydrogen-bond acceptors (Lipinski definition) is 4. The van der Waals surface area contributed by atoms with Crippen molar-refractivity contribution in [3.63, 3.8) is 0 Å². The van der Waals surface area contributed by atoms with Crippen molar-refractivity contribution in [2.45, 2.75) is 58.9 Å². The summed E-state index contributed by atoms with van der Waals surface area (Å²) < 4.78 is 0. The minimum absolute atomic E-state index is 0. The molecule has 0 spiro atoms. The lowest BCUT2D eigenvalue weighted by Gasteiger charge is -2.37. The molecule has 0 atom stereocenters. The standard InChI is InChI=1S/C21H42N6O.HI/c1-5-22-20(23-10-11-24-21(2,3)4)27-16-14-25(15-17-27)18-19(28)26-12-8-6-7-9-13-26;/h24H,5-18H2,1-4H3,(H,22,23);1H. The van der Waals surface area contributed by atoms with Crippen LogP contribution in [0.1, 0.15) is 53.4 Å². The molecule has 0 aromatic rings. The number of carbonyl (C=O) groups excluding carboxylic acids is 1. The Morgan fingerprint density at radius 3 is 2.10 bits per heavy atom. The maximum Gasteiger partial charge on any atom is 0.236 e. The highest BCUT2D eigenvalue weighted by Gasteiger charge is 2.23. The van der Waals surface area contributed by atoms with Crippen LogP contribution in [0.2, 0.25) is 0 Å². The second-order valence-electron chi connectivity index (χ2n) is 8.97. The number of aliphatic imine (C=N–C) groups is 1. The highest BCUT2D eigenvalue weighted by atomic mass is 127.